The number of aliphatic imine (C=N–C) groups is 1. The summed E-state index contributed by atoms with van der Waals surface area (Å²) in [5.41, 5.74) is 4.84. The summed E-state index contributed by atoms with van der Waals surface area (Å²) in [6, 6.07) is 10.3. The van der Waals surface area contributed by atoms with Gasteiger partial charge in [-0.15, -0.1) is 0 Å². The van der Waals surface area contributed by atoms with Crippen molar-refractivity contribution >= 4 is 11.8 Å². The fraction of sp³-hybridized carbons (Fsp3) is 0.481. The zero-order valence-corrected chi connectivity index (χ0v) is 19.5. The molecule has 0 spiro atoms. The van der Waals surface area contributed by atoms with Gasteiger partial charge in [-0.1, -0.05) is 58.3 Å². The summed E-state index contributed by atoms with van der Waals surface area (Å²) in [6.45, 7) is 4.67. The minimum atomic E-state index is 0.474. The predicted molar refractivity (Wildman–Crippen MR) is 131 cm³/mol. The lowest BCUT2D eigenvalue weighted by Gasteiger charge is -2.05. The van der Waals surface area contributed by atoms with Gasteiger partial charge < -0.3 is 14.7 Å². The normalized spacial score (nSPS) is 14.8. The van der Waals surface area contributed by atoms with Gasteiger partial charge in [-0.3, -0.25) is 0 Å². The van der Waals surface area contributed by atoms with Crippen molar-refractivity contribution in [2.75, 3.05) is 6.61 Å². The summed E-state index contributed by atoms with van der Waals surface area (Å²) in [6.07, 6.45) is 16.9. The first-order valence-corrected chi connectivity index (χ1v) is 12.2. The molecule has 0 amide bonds. The fourth-order valence-electron chi connectivity index (χ4n) is 4.09. The van der Waals surface area contributed by atoms with E-state index in [0.29, 0.717) is 29.3 Å². The molecule has 2 N–H and O–H groups in total. The molecule has 3 heterocycles. The topological polar surface area (TPSA) is 77.0 Å². The number of allylic oxidation sites excluding steroid dienone is 1. The molecule has 1 aliphatic heterocycles. The lowest BCUT2D eigenvalue weighted by Crippen LogP contribution is -2.03. The minimum absolute atomic E-state index is 0.474. The van der Waals surface area contributed by atoms with Gasteiger partial charge in [0.05, 0.1) is 12.3 Å². The van der Waals surface area contributed by atoms with Gasteiger partial charge in [-0.05, 0) is 50.1 Å². The molecule has 2 aromatic rings. The quantitative estimate of drug-likeness (QED) is 0.313. The van der Waals surface area contributed by atoms with Gasteiger partial charge in [0, 0.05) is 17.6 Å². The van der Waals surface area contributed by atoms with Crippen LogP contribution >= 0.6 is 0 Å². The zero-order valence-electron chi connectivity index (χ0n) is 19.5. The second kappa shape index (κ2) is 12.8. The third-order valence-corrected chi connectivity index (χ3v) is 5.79. The number of H-pyrrole nitrogens is 2. The number of unbranched alkanes of at least 4 members (excludes halogenated alkanes) is 8. The first-order valence-electron chi connectivity index (χ1n) is 12.2. The summed E-state index contributed by atoms with van der Waals surface area (Å²) in [7, 11) is 0. The first kappa shape index (κ1) is 23.7. The third-order valence-electron chi connectivity index (χ3n) is 5.79. The maximum absolute atomic E-state index is 9.72. The first-order chi connectivity index (χ1) is 15.8. The van der Waals surface area contributed by atoms with Gasteiger partial charge in [-0.2, -0.15) is 5.26 Å². The van der Waals surface area contributed by atoms with Crippen molar-refractivity contribution in [1.29, 1.82) is 5.26 Å². The highest BCUT2D eigenvalue weighted by molar-refractivity contribution is 6.17. The number of aromatic amines is 2. The smallest absolute Gasteiger partial charge is 0.165 e. The van der Waals surface area contributed by atoms with Crippen LogP contribution in [0.1, 0.15) is 88.7 Å². The minimum Gasteiger partial charge on any atom is -0.490 e. The number of ether oxygens (including phenoxy) is 1. The van der Waals surface area contributed by atoms with Crippen LogP contribution in [0.25, 0.3) is 6.08 Å². The number of aromatic nitrogens is 2. The predicted octanol–water partition coefficient (Wildman–Crippen LogP) is 7.07. The van der Waals surface area contributed by atoms with Gasteiger partial charge >= 0.3 is 0 Å². The molecule has 0 unspecified atom stereocenters. The molecule has 5 heteroatoms. The van der Waals surface area contributed by atoms with Gasteiger partial charge in [-0.25, -0.2) is 4.99 Å². The summed E-state index contributed by atoms with van der Waals surface area (Å²) in [5, 5.41) is 9.72. The van der Waals surface area contributed by atoms with E-state index in [9.17, 15) is 5.26 Å². The average Bonchev–Trinajstić information content (AvgIpc) is 3.54. The molecule has 5 nitrogen and oxygen atoms in total. The SMILES string of the molecule is CCCCCCCCCCCc1ccc(/C=C2\N=C(c3ccc[nH]3)C(C#N)=C2OCC)[nH]1. The van der Waals surface area contributed by atoms with Gasteiger partial charge in [0.25, 0.3) is 0 Å². The second-order valence-electron chi connectivity index (χ2n) is 8.34. The molecule has 0 saturated heterocycles. The Kier molecular flexibility index (Phi) is 9.43. The Morgan fingerprint density at radius 2 is 1.75 bits per heavy atom. The van der Waals surface area contributed by atoms with Crippen LogP contribution in [0.3, 0.4) is 0 Å². The van der Waals surface area contributed by atoms with Crippen LogP contribution in [0, 0.1) is 11.3 Å². The monoisotopic (exact) mass is 432 g/mol. The number of nitrogens with one attached hydrogen (secondary N) is 2. The van der Waals surface area contributed by atoms with Crippen LogP contribution in [0.4, 0.5) is 0 Å². The van der Waals surface area contributed by atoms with Crippen LogP contribution in [0.15, 0.2) is 52.5 Å². The van der Waals surface area contributed by atoms with Crippen LogP contribution in [0.2, 0.25) is 0 Å². The number of hydrogen-bond acceptors (Lipinski definition) is 3. The second-order valence-corrected chi connectivity index (χ2v) is 8.34. The van der Waals surface area contributed by atoms with Crippen LogP contribution < -0.4 is 0 Å². The zero-order chi connectivity index (χ0) is 22.6. The van der Waals surface area contributed by atoms with Crippen molar-refractivity contribution in [3.05, 3.63) is 64.6 Å². The highest BCUT2D eigenvalue weighted by atomic mass is 16.5. The van der Waals surface area contributed by atoms with E-state index in [1.807, 2.05) is 31.3 Å². The van der Waals surface area contributed by atoms with E-state index in [-0.39, 0.29) is 0 Å². The van der Waals surface area contributed by atoms with Crippen LogP contribution in [0.5, 0.6) is 0 Å². The molecule has 1 aliphatic rings. The van der Waals surface area contributed by atoms with Gasteiger partial charge in [0.1, 0.15) is 23.1 Å². The molecule has 0 atom stereocenters. The molecule has 0 aromatic carbocycles. The summed E-state index contributed by atoms with van der Waals surface area (Å²) in [4.78, 5) is 11.3. The maximum Gasteiger partial charge on any atom is 0.165 e. The van der Waals surface area contributed by atoms with Crippen molar-refractivity contribution in [2.24, 2.45) is 4.99 Å². The van der Waals surface area contributed by atoms with Crippen molar-refractivity contribution < 1.29 is 4.74 Å². The molecule has 0 fully saturated rings. The van der Waals surface area contributed by atoms with Crippen LogP contribution in [-0.2, 0) is 11.2 Å². The molecular weight excluding hydrogens is 396 g/mol. The van der Waals surface area contributed by atoms with E-state index in [1.165, 1.54) is 63.5 Å². The van der Waals surface area contributed by atoms with E-state index in [1.54, 1.807) is 0 Å². The maximum atomic E-state index is 9.72. The molecule has 3 rings (SSSR count). The fourth-order valence-corrected chi connectivity index (χ4v) is 4.09. The Bertz CT molecular complexity index is 970. The number of nitrogens with zero attached hydrogens (tertiary/aromatic N) is 2. The van der Waals surface area contributed by atoms with E-state index in [4.69, 9.17) is 9.73 Å². The molecular formula is C27H36N4O. The highest BCUT2D eigenvalue weighted by Crippen LogP contribution is 2.30. The van der Waals surface area contributed by atoms with E-state index < -0.39 is 0 Å². The molecule has 0 bridgehead atoms. The standard InChI is InChI=1S/C27H36N4O/c1-3-5-6-7-8-9-10-11-12-14-21-16-17-22(30-21)19-25-27(32-4-2)23(20-28)26(31-25)24-15-13-18-29-24/h13,15-19,29-30H,3-12,14H2,1-2H3/b25-19-. The molecule has 0 aliphatic carbocycles. The van der Waals surface area contributed by atoms with E-state index in [2.05, 4.69) is 35.1 Å². The molecule has 170 valence electrons. The molecule has 2 aromatic heterocycles. The summed E-state index contributed by atoms with van der Waals surface area (Å²) < 4.78 is 5.81. The van der Waals surface area contributed by atoms with Crippen LogP contribution in [-0.4, -0.2) is 22.3 Å². The number of aryl methyl sites for hydroxylation is 1. The van der Waals surface area contributed by atoms with Crippen molar-refractivity contribution in [2.45, 2.75) is 78.1 Å². The van der Waals surface area contributed by atoms with Crippen molar-refractivity contribution in [1.82, 2.24) is 9.97 Å². The summed E-state index contributed by atoms with van der Waals surface area (Å²) in [5.74, 6) is 0.551. The molecule has 0 saturated carbocycles. The Morgan fingerprint density at radius 1 is 1.00 bits per heavy atom. The number of hydrogen-bond donors (Lipinski definition) is 2. The number of nitriles is 1. The Morgan fingerprint density at radius 3 is 2.41 bits per heavy atom. The lowest BCUT2D eigenvalue weighted by atomic mass is 10.1. The Labute approximate surface area is 192 Å². The molecule has 32 heavy (non-hydrogen) atoms. The van der Waals surface area contributed by atoms with Gasteiger partial charge in [0.2, 0.25) is 0 Å². The largest absolute Gasteiger partial charge is 0.490 e. The summed E-state index contributed by atoms with van der Waals surface area (Å²) >= 11 is 0. The van der Waals surface area contributed by atoms with Gasteiger partial charge in [0.15, 0.2) is 5.76 Å². The Hall–Kier alpha value is -3.00. The number of rotatable bonds is 14. The average molecular weight is 433 g/mol. The third kappa shape index (κ3) is 6.50. The van der Waals surface area contributed by atoms with E-state index >= 15 is 0 Å². The lowest BCUT2D eigenvalue weighted by molar-refractivity contribution is 0.238. The Balaban J connectivity index is 1.56. The highest BCUT2D eigenvalue weighted by Gasteiger charge is 2.27. The molecule has 0 radical (unpaired) electrons. The van der Waals surface area contributed by atoms with Crippen molar-refractivity contribution in [3.8, 4) is 6.07 Å². The van der Waals surface area contributed by atoms with Crippen molar-refractivity contribution in [3.63, 3.8) is 0 Å². The van der Waals surface area contributed by atoms with E-state index in [0.717, 1.165) is 17.8 Å².